The van der Waals surface area contributed by atoms with Gasteiger partial charge in [-0.2, -0.15) is 0 Å². The summed E-state index contributed by atoms with van der Waals surface area (Å²) in [6.07, 6.45) is 9.74. The quantitative estimate of drug-likeness (QED) is 0.0474. The first kappa shape index (κ1) is 87.4. The molecular formula is C95H135F2N9O12. The standard InChI is InChI=1S/C95H135F2N9O12/c1-53(2)72-62(107)48-94(40-38-90(14)58(74(72)94)24-28-66-88(12)34-32-68(117-70(109)50-84(5,6)82(113)114)85(7,8)64(88)30-36-92(66,90)16)76(111)80-101-99-78(105(80)44-42-103(18)19)55-22-26-60(97)56(46-55)47-87(11,83(115)116)51-71(110)118-69-33-35-89(13)65(86(69,9)10)31-37-93(17)67(89)29-25-59-75-73(54(3)4)63(108)49-95(75,41-39-91(59,93)15)77(112)81-102-100-79(106(81)45-43-104(20)21)61-27-23-57(96)52-98-61/h22-23,26-27,46,52-54,58-59,64-69,76-77,111-112H,24-25,28-45,47-51H2,1-21H3,(H,113,114)(H,115,116)/t58-,59-,64+,65+,66-,67-,68+,69+,76?,77+,87?,88+,89+,90-,91-,92-,93-,94-,95-/m1/s1. The number of fused-ring (bicyclic) bond motifs is 14. The fourth-order valence-corrected chi connectivity index (χ4v) is 28.5. The molecule has 0 aliphatic heterocycles. The predicted molar refractivity (Wildman–Crippen MR) is 444 cm³/mol. The average molecular weight is 1630 g/mol. The van der Waals surface area contributed by atoms with E-state index in [1.165, 1.54) is 19.1 Å². The highest BCUT2D eigenvalue weighted by atomic mass is 19.1. The second kappa shape index (κ2) is 30.2. The Bertz CT molecular complexity index is 4710. The number of carboxylic acids is 2. The molecule has 3 heterocycles. The summed E-state index contributed by atoms with van der Waals surface area (Å²) in [6.45, 7) is 38.5. The maximum absolute atomic E-state index is 16.8. The number of aliphatic hydroxyl groups is 2. The first-order valence-electron chi connectivity index (χ1n) is 44.3. The molecule has 19 atom stereocenters. The van der Waals surface area contributed by atoms with Crippen LogP contribution in [0.3, 0.4) is 0 Å². The minimum absolute atomic E-state index is 0.00454. The lowest BCUT2D eigenvalue weighted by Crippen LogP contribution is -2.66. The monoisotopic (exact) mass is 1630 g/mol. The fraction of sp³-hybridized carbons (Fsp3) is 0.737. The van der Waals surface area contributed by atoms with Crippen LogP contribution in [0.5, 0.6) is 0 Å². The topological polar surface area (TPSA) is 283 Å². The SMILES string of the molecule is CC(C)C1=C2[C@H]3CC[C@@H]4[C@@]5(C)CC[C@H](OC(=O)CC(C)(C)C(=O)O)C(C)(C)[C@@H]5CC[C@@]4(C)[C@]3(C)CC[C@@]2(C(O)c2nnc(-c3ccc(F)c(CC(C)(CC(=O)O[C@H]4CC[C@]5(C)[C@H]6CC[C@@H]7C8=C(C(C)C)C(=O)C[C@]8([C@@H](O)c8nnc(-c9ccc(F)cn9)n8CCN(C)C)CC[C@@]7(C)[C@]6(C)CC[C@H]5C4(C)C)C(=O)O)c3)n2CCN(C)C)CC1=O. The number of halogens is 2. The molecule has 4 N–H and O–H groups in total. The number of nitrogens with zero attached hydrogens (tertiary/aromatic N) is 9. The van der Waals surface area contributed by atoms with E-state index in [1.807, 2.05) is 47.1 Å². The number of ether oxygens (including phenoxy) is 2. The van der Waals surface area contributed by atoms with E-state index in [9.17, 15) is 48.8 Å². The number of Topliss-reactive ketones (excluding diaryl/α,β-unsaturated/α-hetero) is 2. The van der Waals surface area contributed by atoms with E-state index < -0.39 is 87.3 Å². The number of allylic oxidation sites excluding steroid dienone is 2. The third-order valence-electron chi connectivity index (χ3n) is 35.1. The molecule has 0 bridgehead atoms. The van der Waals surface area contributed by atoms with Crippen molar-refractivity contribution in [2.45, 2.75) is 290 Å². The largest absolute Gasteiger partial charge is 0.481 e. The lowest BCUT2D eigenvalue weighted by molar-refractivity contribution is -0.235. The van der Waals surface area contributed by atoms with Gasteiger partial charge in [0.15, 0.2) is 34.9 Å². The molecule has 4 aromatic rings. The number of aliphatic carboxylic acids is 2. The van der Waals surface area contributed by atoms with Crippen molar-refractivity contribution in [2.75, 3.05) is 41.3 Å². The Morgan fingerprint density at radius 2 is 0.992 bits per heavy atom. The van der Waals surface area contributed by atoms with Crippen molar-refractivity contribution in [1.82, 2.24) is 44.3 Å². The number of esters is 2. The molecular weight excluding hydrogens is 1500 g/mol. The smallest absolute Gasteiger partial charge is 0.310 e. The van der Waals surface area contributed by atoms with E-state index in [0.29, 0.717) is 92.3 Å². The summed E-state index contributed by atoms with van der Waals surface area (Å²) in [7, 11) is 7.86. The Hall–Kier alpha value is -6.95. The lowest BCUT2D eigenvalue weighted by Gasteiger charge is -2.72. The first-order chi connectivity index (χ1) is 55.0. The van der Waals surface area contributed by atoms with Gasteiger partial charge >= 0.3 is 23.9 Å². The molecule has 0 radical (unpaired) electrons. The van der Waals surface area contributed by atoms with E-state index in [1.54, 1.807) is 32.0 Å². The Morgan fingerprint density at radius 3 is 1.42 bits per heavy atom. The molecule has 23 heteroatoms. The zero-order valence-corrected chi connectivity index (χ0v) is 74.4. The third kappa shape index (κ3) is 13.5. The summed E-state index contributed by atoms with van der Waals surface area (Å²) >= 11 is 0. The van der Waals surface area contributed by atoms with Crippen LogP contribution < -0.4 is 0 Å². The van der Waals surface area contributed by atoms with Crippen LogP contribution in [0.2, 0.25) is 0 Å². The molecule has 21 nitrogen and oxygen atoms in total. The van der Waals surface area contributed by atoms with Gasteiger partial charge in [-0.1, -0.05) is 96.9 Å². The van der Waals surface area contributed by atoms with Crippen molar-refractivity contribution in [1.29, 1.82) is 0 Å². The molecule has 10 aliphatic carbocycles. The van der Waals surface area contributed by atoms with E-state index in [0.717, 1.165) is 106 Å². The number of aromatic nitrogens is 7. The van der Waals surface area contributed by atoms with Crippen molar-refractivity contribution < 1.29 is 67.4 Å². The highest BCUT2D eigenvalue weighted by Crippen LogP contribution is 2.80. The van der Waals surface area contributed by atoms with Crippen LogP contribution in [-0.2, 0) is 57.8 Å². The maximum atomic E-state index is 16.8. The molecule has 646 valence electrons. The van der Waals surface area contributed by atoms with Gasteiger partial charge < -0.3 is 48.8 Å². The summed E-state index contributed by atoms with van der Waals surface area (Å²) in [4.78, 5) is 92.5. The Balaban J connectivity index is 0.684. The van der Waals surface area contributed by atoms with E-state index in [-0.39, 0.29) is 128 Å². The fourth-order valence-electron chi connectivity index (χ4n) is 28.5. The van der Waals surface area contributed by atoms with Crippen LogP contribution in [0, 0.1) is 124 Å². The van der Waals surface area contributed by atoms with Crippen molar-refractivity contribution in [3.63, 3.8) is 0 Å². The molecule has 0 amide bonds. The van der Waals surface area contributed by atoms with Gasteiger partial charge in [-0.15, -0.1) is 20.4 Å². The molecule has 10 aliphatic rings. The number of benzene rings is 1. The lowest BCUT2D eigenvalue weighted by atomic mass is 9.33. The number of hydrogen-bond acceptors (Lipinski definition) is 17. The van der Waals surface area contributed by atoms with Crippen molar-refractivity contribution in [3.05, 3.63) is 87.7 Å². The van der Waals surface area contributed by atoms with E-state index in [2.05, 4.69) is 107 Å². The summed E-state index contributed by atoms with van der Waals surface area (Å²) in [5.41, 5.74) is -2.27. The van der Waals surface area contributed by atoms with Gasteiger partial charge in [-0.25, -0.2) is 13.8 Å². The molecule has 118 heavy (non-hydrogen) atoms. The van der Waals surface area contributed by atoms with Crippen molar-refractivity contribution in [2.24, 2.45) is 112 Å². The summed E-state index contributed by atoms with van der Waals surface area (Å²) in [5, 5.41) is 67.0. The van der Waals surface area contributed by atoms with E-state index >= 15 is 9.18 Å². The average Bonchev–Trinajstić information content (AvgIpc) is 1.02. The van der Waals surface area contributed by atoms with Crippen molar-refractivity contribution in [3.8, 4) is 22.9 Å². The summed E-state index contributed by atoms with van der Waals surface area (Å²) in [6, 6.07) is 7.42. The van der Waals surface area contributed by atoms with Crippen LogP contribution in [0.1, 0.15) is 276 Å². The highest BCUT2D eigenvalue weighted by Gasteiger charge is 2.74. The van der Waals surface area contributed by atoms with Gasteiger partial charge in [-0.05, 0) is 296 Å². The van der Waals surface area contributed by atoms with Crippen LogP contribution in [-0.4, -0.2) is 154 Å². The first-order valence-corrected chi connectivity index (χ1v) is 44.3. The highest BCUT2D eigenvalue weighted by molar-refractivity contribution is 6.01. The van der Waals surface area contributed by atoms with Crippen LogP contribution in [0.15, 0.2) is 58.8 Å². The normalized spacial score (nSPS) is 35.2. The Kier molecular flexibility index (Phi) is 22.4. The number of aliphatic hydroxyl groups excluding tert-OH is 2. The van der Waals surface area contributed by atoms with Gasteiger partial charge in [0.1, 0.15) is 41.7 Å². The Labute approximate surface area is 697 Å². The minimum Gasteiger partial charge on any atom is -0.481 e. The predicted octanol–water partition coefficient (Wildman–Crippen LogP) is 17.1. The molecule has 3 aromatic heterocycles. The molecule has 0 spiro atoms. The second-order valence-corrected chi connectivity index (χ2v) is 43.6. The number of carboxylic acid groups (broad SMARTS) is 2. The summed E-state index contributed by atoms with van der Waals surface area (Å²) in [5.74, 6) is -2.27. The number of pyridine rings is 1. The zero-order valence-electron chi connectivity index (χ0n) is 74.4. The van der Waals surface area contributed by atoms with Gasteiger partial charge in [0.05, 0.1) is 29.9 Å². The maximum Gasteiger partial charge on any atom is 0.310 e. The summed E-state index contributed by atoms with van der Waals surface area (Å²) < 4.78 is 47.7. The number of likely N-dealkylation sites (N-methyl/N-ethyl adjacent to an activating group) is 2. The molecule has 14 rings (SSSR count). The van der Waals surface area contributed by atoms with Gasteiger partial charge in [0.2, 0.25) is 0 Å². The second-order valence-electron chi connectivity index (χ2n) is 43.6. The van der Waals surface area contributed by atoms with Crippen LogP contribution in [0.4, 0.5) is 8.78 Å². The van der Waals surface area contributed by atoms with Gasteiger partial charge in [0.25, 0.3) is 0 Å². The number of carbonyl (C=O) groups is 6. The van der Waals surface area contributed by atoms with Crippen LogP contribution >= 0.6 is 0 Å². The van der Waals surface area contributed by atoms with Crippen LogP contribution in [0.25, 0.3) is 22.9 Å². The van der Waals surface area contributed by atoms with Crippen molar-refractivity contribution >= 4 is 35.4 Å². The molecule has 8 fully saturated rings. The third-order valence-corrected chi connectivity index (χ3v) is 35.1. The van der Waals surface area contributed by atoms with Gasteiger partial charge in [0, 0.05) is 66.2 Å². The Morgan fingerprint density at radius 1 is 0.542 bits per heavy atom. The molecule has 2 unspecified atom stereocenters. The number of carbonyl (C=O) groups excluding carboxylic acids is 4. The minimum atomic E-state index is -1.81. The molecule has 1 aromatic carbocycles. The molecule has 8 saturated carbocycles. The number of rotatable bonds is 24. The number of ketones is 2. The number of hydrogen-bond donors (Lipinski definition) is 4. The zero-order chi connectivity index (χ0) is 86.1. The molecule has 0 saturated heterocycles. The van der Waals surface area contributed by atoms with Gasteiger partial charge in [-0.3, -0.25) is 28.8 Å². The van der Waals surface area contributed by atoms with E-state index in [4.69, 9.17) is 24.8 Å².